The Balaban J connectivity index is 1.51. The zero-order chi connectivity index (χ0) is 28.6. The van der Waals surface area contributed by atoms with Gasteiger partial charge in [-0.1, -0.05) is 12.1 Å². The van der Waals surface area contributed by atoms with E-state index in [1.54, 1.807) is 23.5 Å². The van der Waals surface area contributed by atoms with Crippen LogP contribution < -0.4 is 16.4 Å². The lowest BCUT2D eigenvalue weighted by Gasteiger charge is -2.36. The molecule has 2 amide bonds. The first-order valence-electron chi connectivity index (χ1n) is 13.7. The number of carbonyl (C=O) groups excluding carboxylic acids is 2. The van der Waals surface area contributed by atoms with Gasteiger partial charge in [0.25, 0.3) is 5.91 Å². The zero-order valence-corrected chi connectivity index (χ0v) is 23.8. The van der Waals surface area contributed by atoms with Crippen LogP contribution in [0.3, 0.4) is 0 Å². The maximum absolute atomic E-state index is 13.0. The summed E-state index contributed by atoms with van der Waals surface area (Å²) in [5.74, 6) is -0.292. The number of para-hydroxylation sites is 2. The SMILES string of the molecule is CCOC1OC(C(=O)NCCCCC(=O)Nc2ccccc2N)=CC(c2ccsc2)C1CCOCCOCCO. The van der Waals surface area contributed by atoms with E-state index in [9.17, 15) is 9.59 Å². The number of anilines is 2. The molecule has 0 bridgehead atoms. The second-order valence-electron chi connectivity index (χ2n) is 9.30. The molecule has 0 aliphatic carbocycles. The van der Waals surface area contributed by atoms with Crippen LogP contribution in [-0.2, 0) is 28.5 Å². The molecule has 3 atom stereocenters. The molecule has 40 heavy (non-hydrogen) atoms. The predicted octanol–water partition coefficient (Wildman–Crippen LogP) is 3.65. The molecule has 5 N–H and O–H groups in total. The number of hydrogen-bond donors (Lipinski definition) is 4. The van der Waals surface area contributed by atoms with Crippen LogP contribution in [0.15, 0.2) is 52.9 Å². The number of carbonyl (C=O) groups is 2. The van der Waals surface area contributed by atoms with Gasteiger partial charge in [0.1, 0.15) is 0 Å². The number of thiophene rings is 1. The fourth-order valence-corrected chi connectivity index (χ4v) is 5.12. The van der Waals surface area contributed by atoms with Gasteiger partial charge in [-0.3, -0.25) is 9.59 Å². The van der Waals surface area contributed by atoms with Crippen molar-refractivity contribution in [1.29, 1.82) is 0 Å². The van der Waals surface area contributed by atoms with E-state index in [0.29, 0.717) is 76.6 Å². The standard InChI is InChI=1S/C29H41N3O7S/c1-2-38-29-22(10-14-36-16-17-37-15-13-33)23(21-11-18-40-20-21)19-26(39-29)28(35)31-12-6-5-9-27(34)32-25-8-4-3-7-24(25)30/h3-4,7-8,11,18-20,22-23,29,33H,2,5-6,9-10,12-17,30H2,1H3,(H,31,35)(H,32,34). The number of unbranched alkanes of at least 4 members (excludes halogenated alkanes) is 1. The maximum atomic E-state index is 13.0. The lowest BCUT2D eigenvalue weighted by atomic mass is 9.82. The Morgan fingerprint density at radius 3 is 2.62 bits per heavy atom. The molecule has 3 unspecified atom stereocenters. The number of rotatable bonds is 18. The minimum atomic E-state index is -0.594. The van der Waals surface area contributed by atoms with Gasteiger partial charge < -0.3 is 40.4 Å². The zero-order valence-electron chi connectivity index (χ0n) is 23.0. The highest BCUT2D eigenvalue weighted by Gasteiger charge is 2.38. The van der Waals surface area contributed by atoms with Gasteiger partial charge in [0.05, 0.1) is 37.8 Å². The number of hydrogen-bond acceptors (Lipinski definition) is 9. The van der Waals surface area contributed by atoms with E-state index < -0.39 is 6.29 Å². The molecular weight excluding hydrogens is 534 g/mol. The van der Waals surface area contributed by atoms with Crippen LogP contribution in [0.25, 0.3) is 0 Å². The van der Waals surface area contributed by atoms with Gasteiger partial charge >= 0.3 is 0 Å². The molecule has 1 aromatic heterocycles. The molecule has 0 fully saturated rings. The Bertz CT molecular complexity index is 1060. The molecular formula is C29H41N3O7S. The Kier molecular flexibility index (Phi) is 13.9. The van der Waals surface area contributed by atoms with Crippen LogP contribution in [0.2, 0.25) is 0 Å². The molecule has 2 heterocycles. The molecule has 1 aliphatic rings. The summed E-state index contributed by atoms with van der Waals surface area (Å²) in [6.45, 7) is 4.37. The first-order chi connectivity index (χ1) is 19.5. The number of nitrogen functional groups attached to an aromatic ring is 1. The lowest BCUT2D eigenvalue weighted by Crippen LogP contribution is -2.39. The highest BCUT2D eigenvalue weighted by Crippen LogP contribution is 2.39. The summed E-state index contributed by atoms with van der Waals surface area (Å²) in [5.41, 5.74) is 8.10. The van der Waals surface area contributed by atoms with Crippen molar-refractivity contribution in [2.45, 2.75) is 44.8 Å². The van der Waals surface area contributed by atoms with Crippen molar-refractivity contribution in [3.05, 3.63) is 58.5 Å². The second kappa shape index (κ2) is 17.7. The van der Waals surface area contributed by atoms with Crippen molar-refractivity contribution in [2.24, 2.45) is 5.92 Å². The number of nitrogens with two attached hydrogens (primary N) is 1. The van der Waals surface area contributed by atoms with Crippen molar-refractivity contribution in [1.82, 2.24) is 5.32 Å². The molecule has 0 radical (unpaired) electrons. The average Bonchev–Trinajstić information content (AvgIpc) is 3.49. The first-order valence-corrected chi connectivity index (χ1v) is 14.7. The number of aliphatic hydroxyl groups is 1. The third-order valence-corrected chi connectivity index (χ3v) is 7.12. The summed E-state index contributed by atoms with van der Waals surface area (Å²) in [6.07, 6.45) is 3.54. The topological polar surface area (TPSA) is 141 Å². The number of aliphatic hydroxyl groups excluding tert-OH is 1. The Labute approximate surface area is 239 Å². The summed E-state index contributed by atoms with van der Waals surface area (Å²) >= 11 is 1.60. The Morgan fingerprint density at radius 1 is 1.10 bits per heavy atom. The third-order valence-electron chi connectivity index (χ3n) is 6.42. The predicted molar refractivity (Wildman–Crippen MR) is 155 cm³/mol. The van der Waals surface area contributed by atoms with Crippen LogP contribution in [0, 0.1) is 5.92 Å². The van der Waals surface area contributed by atoms with Crippen LogP contribution in [0.4, 0.5) is 11.4 Å². The first kappa shape index (κ1) is 31.6. The van der Waals surface area contributed by atoms with Crippen LogP contribution in [0.1, 0.15) is 44.1 Å². The number of allylic oxidation sites excluding steroid dienone is 1. The molecule has 11 heteroatoms. The maximum Gasteiger partial charge on any atom is 0.286 e. The lowest BCUT2D eigenvalue weighted by molar-refractivity contribution is -0.168. The number of ether oxygens (including phenoxy) is 4. The smallest absolute Gasteiger partial charge is 0.286 e. The fourth-order valence-electron chi connectivity index (χ4n) is 4.41. The molecule has 220 valence electrons. The van der Waals surface area contributed by atoms with Gasteiger partial charge in [0, 0.05) is 38.0 Å². The molecule has 0 spiro atoms. The minimum absolute atomic E-state index is 0.0120. The van der Waals surface area contributed by atoms with Crippen molar-refractivity contribution in [3.63, 3.8) is 0 Å². The summed E-state index contributed by atoms with van der Waals surface area (Å²) in [7, 11) is 0. The van der Waals surface area contributed by atoms with Crippen molar-refractivity contribution < 1.29 is 33.6 Å². The van der Waals surface area contributed by atoms with Crippen molar-refractivity contribution >= 4 is 34.5 Å². The van der Waals surface area contributed by atoms with Crippen molar-refractivity contribution in [3.8, 4) is 0 Å². The molecule has 1 aromatic carbocycles. The summed E-state index contributed by atoms with van der Waals surface area (Å²) in [5, 5.41) is 18.6. The number of benzene rings is 1. The molecule has 3 rings (SSSR count). The molecule has 0 saturated carbocycles. The van der Waals surface area contributed by atoms with E-state index in [2.05, 4.69) is 22.1 Å². The normalized spacial score (nSPS) is 18.6. The highest BCUT2D eigenvalue weighted by molar-refractivity contribution is 7.08. The molecule has 0 saturated heterocycles. The largest absolute Gasteiger partial charge is 0.459 e. The Hall–Kier alpha value is -2.96. The van der Waals surface area contributed by atoms with Gasteiger partial charge in [0.2, 0.25) is 12.2 Å². The highest BCUT2D eigenvalue weighted by atomic mass is 32.1. The van der Waals surface area contributed by atoms with Crippen LogP contribution in [-0.4, -0.2) is 69.4 Å². The van der Waals surface area contributed by atoms with E-state index in [4.69, 9.17) is 29.8 Å². The van der Waals surface area contributed by atoms with Crippen LogP contribution >= 0.6 is 11.3 Å². The van der Waals surface area contributed by atoms with Gasteiger partial charge in [-0.05, 0) is 66.8 Å². The fraction of sp³-hybridized carbons (Fsp3) is 0.517. The molecule has 10 nitrogen and oxygen atoms in total. The Morgan fingerprint density at radius 2 is 1.90 bits per heavy atom. The van der Waals surface area contributed by atoms with E-state index in [1.165, 1.54) is 0 Å². The van der Waals surface area contributed by atoms with Gasteiger partial charge in [-0.2, -0.15) is 11.3 Å². The summed E-state index contributed by atoms with van der Waals surface area (Å²) < 4.78 is 23.0. The van der Waals surface area contributed by atoms with E-state index in [1.807, 2.05) is 30.5 Å². The van der Waals surface area contributed by atoms with E-state index >= 15 is 0 Å². The average molecular weight is 576 g/mol. The molecule has 1 aliphatic heterocycles. The quantitative estimate of drug-likeness (QED) is 0.156. The second-order valence-corrected chi connectivity index (χ2v) is 10.1. The van der Waals surface area contributed by atoms with Crippen LogP contribution in [0.5, 0.6) is 0 Å². The van der Waals surface area contributed by atoms with Gasteiger partial charge in [0.15, 0.2) is 5.76 Å². The number of nitrogens with one attached hydrogen (secondary N) is 2. The number of amides is 2. The molecule has 2 aromatic rings. The van der Waals surface area contributed by atoms with Gasteiger partial charge in [-0.25, -0.2) is 0 Å². The van der Waals surface area contributed by atoms with Gasteiger partial charge in [-0.15, -0.1) is 0 Å². The summed E-state index contributed by atoms with van der Waals surface area (Å²) in [6, 6.07) is 9.18. The summed E-state index contributed by atoms with van der Waals surface area (Å²) in [4.78, 5) is 25.2. The van der Waals surface area contributed by atoms with E-state index in [0.717, 1.165) is 5.56 Å². The third kappa shape index (κ3) is 10.2. The monoisotopic (exact) mass is 575 g/mol. The minimum Gasteiger partial charge on any atom is -0.459 e. The van der Waals surface area contributed by atoms with E-state index in [-0.39, 0.29) is 36.0 Å². The van der Waals surface area contributed by atoms with Crippen molar-refractivity contribution in [2.75, 3.05) is 57.2 Å².